The molecule has 0 radical (unpaired) electrons. The van der Waals surface area contributed by atoms with Crippen molar-refractivity contribution >= 4 is 41.1 Å². The van der Waals surface area contributed by atoms with E-state index in [2.05, 4.69) is 40.2 Å². The van der Waals surface area contributed by atoms with E-state index in [1.54, 1.807) is 30.8 Å². The lowest BCUT2D eigenvalue weighted by molar-refractivity contribution is -0.133. The summed E-state index contributed by atoms with van der Waals surface area (Å²) in [6.45, 7) is 5.11. The number of nitrogens with zero attached hydrogens (tertiary/aromatic N) is 1. The molecule has 0 spiro atoms. The van der Waals surface area contributed by atoms with Gasteiger partial charge in [-0.2, -0.15) is 0 Å². The number of nitrogens with one attached hydrogen (secondary N) is 3. The van der Waals surface area contributed by atoms with Crippen LogP contribution in [0.15, 0.2) is 70.5 Å². The Hall–Kier alpha value is -3.63. The molecule has 4 amide bonds. The van der Waals surface area contributed by atoms with Crippen LogP contribution < -0.4 is 16.0 Å². The van der Waals surface area contributed by atoms with Gasteiger partial charge in [-0.15, -0.1) is 0 Å². The average molecular weight is 511 g/mol. The van der Waals surface area contributed by atoms with Crippen LogP contribution in [0.4, 0.5) is 5.69 Å². The summed E-state index contributed by atoms with van der Waals surface area (Å²) < 4.78 is 0. The van der Waals surface area contributed by atoms with Gasteiger partial charge in [-0.3, -0.25) is 19.2 Å². The number of carbonyl (C=O) groups excluding carboxylic acids is 4. The van der Waals surface area contributed by atoms with Crippen molar-refractivity contribution in [3.63, 3.8) is 0 Å². The maximum atomic E-state index is 12.5. The smallest absolute Gasteiger partial charge is 0.248 e. The number of benzene rings is 2. The Balaban J connectivity index is 1.41. The second-order valence-corrected chi connectivity index (χ2v) is 9.65. The van der Waals surface area contributed by atoms with Gasteiger partial charge in [-0.25, -0.2) is 0 Å². The molecule has 1 aliphatic heterocycles. The number of hydrogen-bond acceptors (Lipinski definition) is 6. The molecule has 1 unspecified atom stereocenters. The van der Waals surface area contributed by atoms with E-state index < -0.39 is 36.0 Å². The number of anilines is 1. The van der Waals surface area contributed by atoms with Gasteiger partial charge in [-0.1, -0.05) is 29.5 Å². The standard InChI is InChI=1S/C26H30N4O5S/c1-16-4-8-20(9-5-16)36-21-10-6-19(7-11-21)29-26(35)18(3)28-25(34)17(2)27-22(31)14-15-30-23(32)12-13-24(30)33/h4-13,17-18,23,32H,14-15H2,1-3H3,(H,27,31)(H,28,34)(H,29,35)/t17-,18-,23?/m0/s1. The number of aliphatic hydroxyl groups excluding tert-OH is 1. The predicted octanol–water partition coefficient (Wildman–Crippen LogP) is 2.20. The molecular formula is C26H30N4O5S. The zero-order valence-corrected chi connectivity index (χ0v) is 21.2. The highest BCUT2D eigenvalue weighted by molar-refractivity contribution is 7.99. The molecule has 2 aromatic carbocycles. The van der Waals surface area contributed by atoms with Gasteiger partial charge in [0, 0.05) is 34.5 Å². The molecule has 9 nitrogen and oxygen atoms in total. The fourth-order valence-electron chi connectivity index (χ4n) is 3.35. The lowest BCUT2D eigenvalue weighted by Gasteiger charge is -2.21. The molecule has 0 bridgehead atoms. The molecule has 10 heteroatoms. The molecular weight excluding hydrogens is 480 g/mol. The van der Waals surface area contributed by atoms with Crippen LogP contribution in [0.5, 0.6) is 0 Å². The first kappa shape index (κ1) is 27.0. The summed E-state index contributed by atoms with van der Waals surface area (Å²) in [5, 5.41) is 17.5. The molecule has 0 fully saturated rings. The fraction of sp³-hybridized carbons (Fsp3) is 0.308. The molecule has 0 aromatic heterocycles. The fourth-order valence-corrected chi connectivity index (χ4v) is 4.16. The van der Waals surface area contributed by atoms with Crippen molar-refractivity contribution in [2.75, 3.05) is 11.9 Å². The second kappa shape index (κ2) is 12.4. The van der Waals surface area contributed by atoms with Crippen LogP contribution >= 0.6 is 11.8 Å². The average Bonchev–Trinajstić information content (AvgIpc) is 3.17. The molecule has 4 N–H and O–H groups in total. The molecule has 2 aromatic rings. The first-order valence-corrected chi connectivity index (χ1v) is 12.4. The van der Waals surface area contributed by atoms with Crippen molar-refractivity contribution in [3.8, 4) is 0 Å². The second-order valence-electron chi connectivity index (χ2n) is 8.50. The Kier molecular flexibility index (Phi) is 9.26. The minimum absolute atomic E-state index is 0.0221. The third kappa shape index (κ3) is 7.69. The number of amides is 4. The number of rotatable bonds is 10. The van der Waals surface area contributed by atoms with E-state index in [-0.39, 0.29) is 18.9 Å². The first-order valence-electron chi connectivity index (χ1n) is 11.5. The Morgan fingerprint density at radius 1 is 0.944 bits per heavy atom. The van der Waals surface area contributed by atoms with Gasteiger partial charge in [0.05, 0.1) is 0 Å². The summed E-state index contributed by atoms with van der Waals surface area (Å²) in [5.74, 6) is -1.74. The summed E-state index contributed by atoms with van der Waals surface area (Å²) in [6.07, 6.45) is 1.45. The highest BCUT2D eigenvalue weighted by Gasteiger charge is 2.25. The van der Waals surface area contributed by atoms with Crippen LogP contribution in [0.3, 0.4) is 0 Å². The minimum Gasteiger partial charge on any atom is -0.370 e. The molecule has 1 aliphatic rings. The third-order valence-electron chi connectivity index (χ3n) is 5.49. The number of aryl methyl sites for hydroxylation is 1. The molecule has 36 heavy (non-hydrogen) atoms. The van der Waals surface area contributed by atoms with Crippen LogP contribution in [0, 0.1) is 6.92 Å². The summed E-state index contributed by atoms with van der Waals surface area (Å²) in [7, 11) is 0. The SMILES string of the molecule is Cc1ccc(Sc2ccc(NC(=O)[C@H](C)NC(=O)[C@H](C)NC(=O)CCN3C(=O)C=CC3O)cc2)cc1. The largest absolute Gasteiger partial charge is 0.370 e. The van der Waals surface area contributed by atoms with Crippen LogP contribution in [-0.2, 0) is 19.2 Å². The zero-order valence-electron chi connectivity index (χ0n) is 20.4. The maximum Gasteiger partial charge on any atom is 0.248 e. The molecule has 0 saturated carbocycles. The van der Waals surface area contributed by atoms with E-state index >= 15 is 0 Å². The van der Waals surface area contributed by atoms with Gasteiger partial charge in [0.25, 0.3) is 0 Å². The van der Waals surface area contributed by atoms with E-state index in [1.165, 1.54) is 24.6 Å². The molecule has 3 atom stereocenters. The van der Waals surface area contributed by atoms with Gasteiger partial charge >= 0.3 is 0 Å². The quantitative estimate of drug-likeness (QED) is 0.388. The van der Waals surface area contributed by atoms with Crippen LogP contribution in [-0.4, -0.2) is 58.5 Å². The Labute approximate surface area is 214 Å². The molecule has 3 rings (SSSR count). The van der Waals surface area contributed by atoms with Crippen molar-refractivity contribution in [1.82, 2.24) is 15.5 Å². The molecule has 0 saturated heterocycles. The number of aliphatic hydroxyl groups is 1. The lowest BCUT2D eigenvalue weighted by atomic mass is 10.2. The third-order valence-corrected chi connectivity index (χ3v) is 6.51. The molecule has 1 heterocycles. The Morgan fingerprint density at radius 3 is 2.11 bits per heavy atom. The van der Waals surface area contributed by atoms with E-state index in [0.29, 0.717) is 5.69 Å². The van der Waals surface area contributed by atoms with Gasteiger partial charge < -0.3 is 26.0 Å². The predicted molar refractivity (Wildman–Crippen MR) is 137 cm³/mol. The maximum absolute atomic E-state index is 12.5. The summed E-state index contributed by atoms with van der Waals surface area (Å²) in [6, 6.07) is 13.9. The topological polar surface area (TPSA) is 128 Å². The monoisotopic (exact) mass is 510 g/mol. The highest BCUT2D eigenvalue weighted by Crippen LogP contribution is 2.28. The van der Waals surface area contributed by atoms with Crippen molar-refractivity contribution in [1.29, 1.82) is 0 Å². The van der Waals surface area contributed by atoms with Gasteiger partial charge in [0.15, 0.2) is 0 Å². The normalized spacial score (nSPS) is 16.4. The number of carbonyl (C=O) groups is 4. The Morgan fingerprint density at radius 2 is 1.53 bits per heavy atom. The summed E-state index contributed by atoms with van der Waals surface area (Å²) in [4.78, 5) is 52.0. The van der Waals surface area contributed by atoms with Crippen molar-refractivity contribution in [2.24, 2.45) is 0 Å². The first-order chi connectivity index (χ1) is 17.1. The van der Waals surface area contributed by atoms with E-state index in [9.17, 15) is 24.3 Å². The highest BCUT2D eigenvalue weighted by atomic mass is 32.2. The van der Waals surface area contributed by atoms with E-state index in [1.807, 2.05) is 19.1 Å². The van der Waals surface area contributed by atoms with E-state index in [0.717, 1.165) is 14.7 Å². The molecule has 190 valence electrons. The zero-order chi connectivity index (χ0) is 26.2. The van der Waals surface area contributed by atoms with Crippen molar-refractivity contribution in [3.05, 3.63) is 66.2 Å². The van der Waals surface area contributed by atoms with Gasteiger partial charge in [-0.05, 0) is 63.2 Å². The molecule has 0 aliphatic carbocycles. The Bertz CT molecular complexity index is 1130. The van der Waals surface area contributed by atoms with Crippen LogP contribution in [0.25, 0.3) is 0 Å². The van der Waals surface area contributed by atoms with Gasteiger partial charge in [0.2, 0.25) is 23.6 Å². The lowest BCUT2D eigenvalue weighted by Crippen LogP contribution is -2.50. The van der Waals surface area contributed by atoms with Crippen LogP contribution in [0.1, 0.15) is 25.8 Å². The van der Waals surface area contributed by atoms with Crippen molar-refractivity contribution in [2.45, 2.75) is 55.3 Å². The van der Waals surface area contributed by atoms with Crippen LogP contribution in [0.2, 0.25) is 0 Å². The van der Waals surface area contributed by atoms with Crippen molar-refractivity contribution < 1.29 is 24.3 Å². The summed E-state index contributed by atoms with van der Waals surface area (Å²) in [5.41, 5.74) is 1.80. The number of hydrogen-bond donors (Lipinski definition) is 4. The van der Waals surface area contributed by atoms with Gasteiger partial charge in [0.1, 0.15) is 18.3 Å². The van der Waals surface area contributed by atoms with E-state index in [4.69, 9.17) is 0 Å². The minimum atomic E-state index is -1.05. The summed E-state index contributed by atoms with van der Waals surface area (Å²) >= 11 is 1.62.